The number of anilines is 2. The zero-order valence-corrected chi connectivity index (χ0v) is 13.7. The van der Waals surface area contributed by atoms with E-state index in [-0.39, 0.29) is 16.3 Å². The molecule has 2 amide bonds. The largest absolute Gasteiger partial charge is 0.416 e. The van der Waals surface area contributed by atoms with Crippen LogP contribution in [0.2, 0.25) is 0 Å². The highest BCUT2D eigenvalue weighted by molar-refractivity contribution is 7.89. The van der Waals surface area contributed by atoms with E-state index in [0.29, 0.717) is 6.07 Å². The van der Waals surface area contributed by atoms with E-state index in [1.165, 1.54) is 18.2 Å². The normalized spacial score (nSPS) is 11.7. The molecule has 0 aliphatic heterocycles. The third-order valence-electron chi connectivity index (χ3n) is 3.09. The number of sulfonamides is 1. The smallest absolute Gasteiger partial charge is 0.318 e. The number of alkyl halides is 3. The van der Waals surface area contributed by atoms with Gasteiger partial charge in [0.1, 0.15) is 0 Å². The number of benzene rings is 2. The molecule has 7 nitrogen and oxygen atoms in total. The van der Waals surface area contributed by atoms with Gasteiger partial charge in [-0.2, -0.15) is 13.2 Å². The summed E-state index contributed by atoms with van der Waals surface area (Å²) in [6.07, 6.45) is -4.59. The lowest BCUT2D eigenvalue weighted by atomic mass is 10.2. The maximum Gasteiger partial charge on any atom is 0.416 e. The van der Waals surface area contributed by atoms with E-state index >= 15 is 0 Å². The van der Waals surface area contributed by atoms with Gasteiger partial charge in [0.25, 0.3) is 0 Å². The highest BCUT2D eigenvalue weighted by Gasteiger charge is 2.30. The Morgan fingerprint density at radius 1 is 0.885 bits per heavy atom. The van der Waals surface area contributed by atoms with Crippen LogP contribution in [-0.4, -0.2) is 20.2 Å². The van der Waals surface area contributed by atoms with Crippen LogP contribution in [0.4, 0.5) is 24.5 Å². The van der Waals surface area contributed by atoms with Crippen molar-refractivity contribution in [2.24, 2.45) is 5.14 Å². The summed E-state index contributed by atoms with van der Waals surface area (Å²) in [7, 11) is -3.91. The molecule has 2 aromatic rings. The number of hydrogen-bond donors (Lipinski definition) is 3. The average Bonchev–Trinajstić information content (AvgIpc) is 2.54. The van der Waals surface area contributed by atoms with E-state index < -0.39 is 33.6 Å². The van der Waals surface area contributed by atoms with E-state index in [4.69, 9.17) is 5.14 Å². The van der Waals surface area contributed by atoms with Crippen molar-refractivity contribution in [1.29, 1.82) is 0 Å². The molecule has 0 radical (unpaired) electrons. The first-order chi connectivity index (χ1) is 12.0. The third-order valence-corrected chi connectivity index (χ3v) is 4.02. The van der Waals surface area contributed by atoms with Gasteiger partial charge in [-0.3, -0.25) is 9.59 Å². The number of carbonyl (C=O) groups is 2. The predicted octanol–water partition coefficient (Wildman–Crippen LogP) is 1.93. The zero-order valence-electron chi connectivity index (χ0n) is 12.9. The second kappa shape index (κ2) is 7.14. The molecule has 4 N–H and O–H groups in total. The first-order valence-electron chi connectivity index (χ1n) is 6.89. The maximum absolute atomic E-state index is 12.6. The Balaban J connectivity index is 2.05. The molecule has 138 valence electrons. The molecule has 0 aliphatic rings. The predicted molar refractivity (Wildman–Crippen MR) is 86.5 cm³/mol. The standard InChI is InChI=1S/C15H12F3N3O4S/c16-15(17,18)9-2-1-3-11(8-9)21-14(23)13(22)20-10-4-6-12(7-5-10)26(19,24)25/h1-8H,(H,20,22)(H,21,23)(H2,19,24,25). The number of nitrogens with two attached hydrogens (primary N) is 1. The lowest BCUT2D eigenvalue weighted by Gasteiger charge is -2.10. The SMILES string of the molecule is NS(=O)(=O)c1ccc(NC(=O)C(=O)Nc2cccc(C(F)(F)F)c2)cc1. The Labute approximate surface area is 146 Å². The second-order valence-corrected chi connectivity index (χ2v) is 6.62. The summed E-state index contributed by atoms with van der Waals surface area (Å²) in [6.45, 7) is 0. The minimum absolute atomic E-state index is 0.0987. The molecular formula is C15H12F3N3O4S. The van der Waals surface area contributed by atoms with Gasteiger partial charge in [0.2, 0.25) is 10.0 Å². The first kappa shape index (κ1) is 19.4. The number of rotatable bonds is 3. The van der Waals surface area contributed by atoms with Gasteiger partial charge in [-0.1, -0.05) is 6.07 Å². The zero-order chi connectivity index (χ0) is 19.5. The Hall–Kier alpha value is -2.92. The summed E-state index contributed by atoms with van der Waals surface area (Å²) in [5.41, 5.74) is -1.08. The molecule has 0 aromatic heterocycles. The molecule has 0 fully saturated rings. The Morgan fingerprint density at radius 2 is 1.42 bits per heavy atom. The van der Waals surface area contributed by atoms with Crippen LogP contribution in [0, 0.1) is 0 Å². The number of carbonyl (C=O) groups excluding carboxylic acids is 2. The minimum atomic E-state index is -4.59. The van der Waals surface area contributed by atoms with Crippen molar-refractivity contribution in [2.45, 2.75) is 11.1 Å². The van der Waals surface area contributed by atoms with Crippen molar-refractivity contribution < 1.29 is 31.2 Å². The summed E-state index contributed by atoms with van der Waals surface area (Å²) < 4.78 is 60.1. The lowest BCUT2D eigenvalue weighted by Crippen LogP contribution is -2.29. The van der Waals surface area contributed by atoms with Crippen molar-refractivity contribution in [2.75, 3.05) is 10.6 Å². The van der Waals surface area contributed by atoms with Gasteiger partial charge in [-0.15, -0.1) is 0 Å². The summed E-state index contributed by atoms with van der Waals surface area (Å²) >= 11 is 0. The van der Waals surface area contributed by atoms with Crippen molar-refractivity contribution in [3.63, 3.8) is 0 Å². The summed E-state index contributed by atoms with van der Waals surface area (Å²) in [4.78, 5) is 23.4. The van der Waals surface area contributed by atoms with E-state index in [1.54, 1.807) is 0 Å². The molecule has 11 heteroatoms. The molecule has 0 unspecified atom stereocenters. The fourth-order valence-electron chi connectivity index (χ4n) is 1.88. The van der Waals surface area contributed by atoms with Crippen LogP contribution in [0.25, 0.3) is 0 Å². The number of primary sulfonamides is 1. The van der Waals surface area contributed by atoms with Crippen LogP contribution in [0.5, 0.6) is 0 Å². The fourth-order valence-corrected chi connectivity index (χ4v) is 2.39. The summed E-state index contributed by atoms with van der Waals surface area (Å²) in [6, 6.07) is 8.44. The molecule has 2 aromatic carbocycles. The van der Waals surface area contributed by atoms with Crippen LogP contribution < -0.4 is 15.8 Å². The van der Waals surface area contributed by atoms with Crippen molar-refractivity contribution in [3.05, 3.63) is 54.1 Å². The molecule has 0 heterocycles. The van der Waals surface area contributed by atoms with Gasteiger partial charge in [0.05, 0.1) is 10.5 Å². The molecule has 0 saturated carbocycles. The van der Waals surface area contributed by atoms with Gasteiger partial charge in [0.15, 0.2) is 0 Å². The highest BCUT2D eigenvalue weighted by atomic mass is 32.2. The highest BCUT2D eigenvalue weighted by Crippen LogP contribution is 2.30. The van der Waals surface area contributed by atoms with Gasteiger partial charge in [-0.25, -0.2) is 13.6 Å². The number of hydrogen-bond acceptors (Lipinski definition) is 4. The first-order valence-corrected chi connectivity index (χ1v) is 8.44. The van der Waals surface area contributed by atoms with Crippen LogP contribution >= 0.6 is 0 Å². The molecule has 26 heavy (non-hydrogen) atoms. The van der Waals surface area contributed by atoms with Gasteiger partial charge in [0, 0.05) is 11.4 Å². The van der Waals surface area contributed by atoms with E-state index in [2.05, 4.69) is 5.32 Å². The Kier molecular flexibility index (Phi) is 5.33. The minimum Gasteiger partial charge on any atom is -0.318 e. The van der Waals surface area contributed by atoms with Gasteiger partial charge >= 0.3 is 18.0 Å². The molecule has 0 atom stereocenters. The summed E-state index contributed by atoms with van der Waals surface area (Å²) in [5, 5.41) is 9.15. The Bertz CT molecular complexity index is 941. The monoisotopic (exact) mass is 387 g/mol. The maximum atomic E-state index is 12.6. The van der Waals surface area contributed by atoms with Crippen molar-refractivity contribution in [1.82, 2.24) is 0 Å². The van der Waals surface area contributed by atoms with Crippen LogP contribution in [0.15, 0.2) is 53.4 Å². The van der Waals surface area contributed by atoms with Crippen LogP contribution in [0.1, 0.15) is 5.56 Å². The van der Waals surface area contributed by atoms with E-state index in [0.717, 1.165) is 24.3 Å². The molecule has 0 spiro atoms. The molecule has 0 bridgehead atoms. The topological polar surface area (TPSA) is 118 Å². The third kappa shape index (κ3) is 5.04. The number of halogens is 3. The number of nitrogens with one attached hydrogen (secondary N) is 2. The van der Waals surface area contributed by atoms with Crippen LogP contribution in [-0.2, 0) is 25.8 Å². The quantitative estimate of drug-likeness (QED) is 0.698. The van der Waals surface area contributed by atoms with E-state index in [1.807, 2.05) is 5.32 Å². The van der Waals surface area contributed by atoms with Crippen molar-refractivity contribution >= 4 is 33.2 Å². The second-order valence-electron chi connectivity index (χ2n) is 5.06. The molecule has 2 rings (SSSR count). The Morgan fingerprint density at radius 3 is 1.92 bits per heavy atom. The molecule has 0 saturated heterocycles. The van der Waals surface area contributed by atoms with Crippen molar-refractivity contribution in [3.8, 4) is 0 Å². The molecular weight excluding hydrogens is 375 g/mol. The fraction of sp³-hybridized carbons (Fsp3) is 0.0667. The molecule has 0 aliphatic carbocycles. The van der Waals surface area contributed by atoms with Crippen LogP contribution in [0.3, 0.4) is 0 Å². The van der Waals surface area contributed by atoms with E-state index in [9.17, 15) is 31.2 Å². The van der Waals surface area contributed by atoms with Gasteiger partial charge in [-0.05, 0) is 42.5 Å². The lowest BCUT2D eigenvalue weighted by molar-refractivity contribution is -0.137. The van der Waals surface area contributed by atoms with Gasteiger partial charge < -0.3 is 10.6 Å². The summed E-state index contributed by atoms with van der Waals surface area (Å²) in [5.74, 6) is -2.34. The number of amides is 2. The average molecular weight is 387 g/mol.